The fraction of sp³-hybridized carbons (Fsp3) is 0.217. The van der Waals surface area contributed by atoms with E-state index in [4.69, 9.17) is 4.74 Å². The fourth-order valence-electron chi connectivity index (χ4n) is 3.92. The van der Waals surface area contributed by atoms with Crippen molar-refractivity contribution in [2.45, 2.75) is 25.4 Å². The molecule has 31 heavy (non-hydrogen) atoms. The van der Waals surface area contributed by atoms with Crippen molar-refractivity contribution in [3.05, 3.63) is 83.0 Å². The summed E-state index contributed by atoms with van der Waals surface area (Å²) in [5.41, 5.74) is 3.46. The number of H-pyrrole nitrogens is 1. The van der Waals surface area contributed by atoms with Crippen molar-refractivity contribution < 1.29 is 22.7 Å². The lowest BCUT2D eigenvalue weighted by Crippen LogP contribution is -2.36. The normalized spacial score (nSPS) is 19.2. The van der Waals surface area contributed by atoms with Gasteiger partial charge in [-0.1, -0.05) is 18.2 Å². The first-order valence-corrected chi connectivity index (χ1v) is 9.90. The van der Waals surface area contributed by atoms with E-state index < -0.39 is 17.8 Å². The number of rotatable bonds is 2. The molecule has 0 saturated carbocycles. The van der Waals surface area contributed by atoms with Crippen LogP contribution in [0.3, 0.4) is 0 Å². The van der Waals surface area contributed by atoms with Crippen LogP contribution in [0, 0.1) is 0 Å². The first kappa shape index (κ1) is 19.4. The number of imidazole rings is 1. The molecule has 0 fully saturated rings. The molecule has 2 heterocycles. The predicted molar refractivity (Wildman–Crippen MR) is 109 cm³/mol. The molecule has 5 rings (SSSR count). The van der Waals surface area contributed by atoms with Gasteiger partial charge in [0.15, 0.2) is 0 Å². The topological polar surface area (TPSA) is 58.2 Å². The molecule has 2 aliphatic carbocycles. The van der Waals surface area contributed by atoms with Crippen LogP contribution in [0.2, 0.25) is 0 Å². The third kappa shape index (κ3) is 3.58. The molecule has 0 saturated heterocycles. The van der Waals surface area contributed by atoms with Crippen LogP contribution in [0.4, 0.5) is 18.0 Å². The SMILES string of the molecule is O=C1OCC2=C(C=CCC2)N1C1=CC=C(c2nc3ccc(C(F)(F)F)cc3[nH]2)C=CC1. The highest BCUT2D eigenvalue weighted by Gasteiger charge is 2.31. The molecule has 1 aromatic heterocycles. The van der Waals surface area contributed by atoms with Gasteiger partial charge in [-0.2, -0.15) is 13.2 Å². The Hall–Kier alpha value is -3.55. The van der Waals surface area contributed by atoms with Crippen LogP contribution in [0.15, 0.2) is 71.6 Å². The van der Waals surface area contributed by atoms with E-state index in [2.05, 4.69) is 9.97 Å². The molecule has 8 heteroatoms. The lowest BCUT2D eigenvalue weighted by molar-refractivity contribution is -0.137. The minimum absolute atomic E-state index is 0.314. The highest BCUT2D eigenvalue weighted by atomic mass is 19.4. The molecule has 1 amide bonds. The third-order valence-electron chi connectivity index (χ3n) is 5.49. The number of aromatic amines is 1. The molecule has 3 aliphatic rings. The first-order chi connectivity index (χ1) is 14.9. The van der Waals surface area contributed by atoms with E-state index >= 15 is 0 Å². The van der Waals surface area contributed by atoms with Gasteiger partial charge < -0.3 is 9.72 Å². The van der Waals surface area contributed by atoms with Gasteiger partial charge in [-0.25, -0.2) is 14.7 Å². The lowest BCUT2D eigenvalue weighted by Gasteiger charge is -2.33. The summed E-state index contributed by atoms with van der Waals surface area (Å²) in [5.74, 6) is 0.460. The number of nitrogens with zero attached hydrogens (tertiary/aromatic N) is 2. The van der Waals surface area contributed by atoms with Crippen molar-refractivity contribution in [1.29, 1.82) is 0 Å². The average molecular weight is 425 g/mol. The van der Waals surface area contributed by atoms with Gasteiger partial charge in [-0.05, 0) is 54.8 Å². The van der Waals surface area contributed by atoms with E-state index in [9.17, 15) is 18.0 Å². The summed E-state index contributed by atoms with van der Waals surface area (Å²) in [5, 5.41) is 0. The summed E-state index contributed by atoms with van der Waals surface area (Å²) < 4.78 is 44.3. The van der Waals surface area contributed by atoms with Crippen molar-refractivity contribution in [1.82, 2.24) is 14.9 Å². The maximum atomic E-state index is 13.0. The van der Waals surface area contributed by atoms with E-state index in [-0.39, 0.29) is 0 Å². The maximum absolute atomic E-state index is 13.0. The average Bonchev–Trinajstić information content (AvgIpc) is 3.03. The largest absolute Gasteiger partial charge is 0.444 e. The van der Waals surface area contributed by atoms with Crippen molar-refractivity contribution in [3.63, 3.8) is 0 Å². The summed E-state index contributed by atoms with van der Waals surface area (Å²) in [6.45, 7) is 0.318. The molecule has 1 aromatic carbocycles. The van der Waals surface area contributed by atoms with E-state index in [0.29, 0.717) is 35.5 Å². The number of halogens is 3. The second kappa shape index (κ2) is 7.30. The molecule has 0 bridgehead atoms. The highest BCUT2D eigenvalue weighted by Crippen LogP contribution is 2.34. The van der Waals surface area contributed by atoms with E-state index in [1.54, 1.807) is 11.0 Å². The van der Waals surface area contributed by atoms with Gasteiger partial charge in [0, 0.05) is 17.7 Å². The zero-order valence-electron chi connectivity index (χ0n) is 16.4. The Morgan fingerprint density at radius 2 is 2.00 bits per heavy atom. The minimum atomic E-state index is -4.41. The van der Waals surface area contributed by atoms with Gasteiger partial charge in [-0.15, -0.1) is 0 Å². The van der Waals surface area contributed by atoms with Gasteiger partial charge in [0.25, 0.3) is 0 Å². The Morgan fingerprint density at radius 1 is 1.13 bits per heavy atom. The van der Waals surface area contributed by atoms with Gasteiger partial charge in [-0.3, -0.25) is 0 Å². The second-order valence-electron chi connectivity index (χ2n) is 7.52. The van der Waals surface area contributed by atoms with Crippen molar-refractivity contribution in [3.8, 4) is 0 Å². The Kier molecular flexibility index (Phi) is 4.57. The maximum Gasteiger partial charge on any atom is 0.419 e. The standard InChI is InChI=1S/C23H18F3N3O2/c24-23(25,26)16-9-11-18-19(12-16)28-21(27-18)14-5-3-6-17(10-8-14)29-20-7-2-1-4-15(20)13-31-22(29)30/h2-3,5,7-12H,1,4,6,13H2,(H,27,28). The summed E-state index contributed by atoms with van der Waals surface area (Å²) >= 11 is 0. The molecule has 1 N–H and O–H groups in total. The number of carbonyl (C=O) groups excluding carboxylic acids is 1. The summed E-state index contributed by atoms with van der Waals surface area (Å²) in [4.78, 5) is 21.5. The van der Waals surface area contributed by atoms with E-state index in [1.807, 2.05) is 30.4 Å². The van der Waals surface area contributed by atoms with Crippen LogP contribution in [0.5, 0.6) is 0 Å². The van der Waals surface area contributed by atoms with Gasteiger partial charge >= 0.3 is 12.3 Å². The number of alkyl halides is 3. The first-order valence-electron chi connectivity index (χ1n) is 9.90. The van der Waals surface area contributed by atoms with Crippen LogP contribution in [-0.4, -0.2) is 27.6 Å². The summed E-state index contributed by atoms with van der Waals surface area (Å²) in [6, 6.07) is 3.43. The Labute approximate surface area is 175 Å². The zero-order chi connectivity index (χ0) is 21.6. The lowest BCUT2D eigenvalue weighted by atomic mass is 10.0. The molecular weight excluding hydrogens is 407 g/mol. The second-order valence-corrected chi connectivity index (χ2v) is 7.52. The van der Waals surface area contributed by atoms with Crippen LogP contribution < -0.4 is 0 Å². The molecule has 5 nitrogen and oxygen atoms in total. The molecule has 1 aliphatic heterocycles. The molecule has 0 atom stereocenters. The number of aromatic nitrogens is 2. The predicted octanol–water partition coefficient (Wildman–Crippen LogP) is 5.87. The van der Waals surface area contributed by atoms with E-state index in [0.717, 1.165) is 41.9 Å². The van der Waals surface area contributed by atoms with Gasteiger partial charge in [0.2, 0.25) is 0 Å². The van der Waals surface area contributed by atoms with Gasteiger partial charge in [0.1, 0.15) is 12.4 Å². The number of hydrogen-bond acceptors (Lipinski definition) is 3. The molecule has 158 valence electrons. The number of nitrogens with one attached hydrogen (secondary N) is 1. The number of carbonyl (C=O) groups is 1. The highest BCUT2D eigenvalue weighted by molar-refractivity contribution is 5.83. The number of allylic oxidation sites excluding steroid dienone is 7. The Morgan fingerprint density at radius 3 is 2.84 bits per heavy atom. The number of cyclic esters (lactones) is 1. The van der Waals surface area contributed by atoms with Crippen LogP contribution in [0.1, 0.15) is 30.7 Å². The van der Waals surface area contributed by atoms with Gasteiger partial charge in [0.05, 0.1) is 22.3 Å². The van der Waals surface area contributed by atoms with Crippen LogP contribution in [0.25, 0.3) is 16.6 Å². The minimum Gasteiger partial charge on any atom is -0.444 e. The molecular formula is C23H18F3N3O2. The van der Waals surface area contributed by atoms with Crippen LogP contribution in [-0.2, 0) is 10.9 Å². The molecule has 0 radical (unpaired) electrons. The zero-order valence-corrected chi connectivity index (χ0v) is 16.4. The molecule has 2 aromatic rings. The smallest absolute Gasteiger partial charge is 0.419 e. The van der Waals surface area contributed by atoms with Crippen molar-refractivity contribution in [2.75, 3.05) is 6.61 Å². The molecule has 0 spiro atoms. The monoisotopic (exact) mass is 425 g/mol. The number of amides is 1. The fourth-order valence-corrected chi connectivity index (χ4v) is 3.92. The Bertz CT molecular complexity index is 1230. The van der Waals surface area contributed by atoms with E-state index in [1.165, 1.54) is 6.07 Å². The van der Waals surface area contributed by atoms with Crippen molar-refractivity contribution >= 4 is 22.7 Å². The Balaban J connectivity index is 1.49. The third-order valence-corrected chi connectivity index (χ3v) is 5.49. The van der Waals surface area contributed by atoms with Crippen molar-refractivity contribution in [2.24, 2.45) is 0 Å². The number of hydrogen-bond donors (Lipinski definition) is 1. The number of fused-ring (bicyclic) bond motifs is 1. The summed E-state index contributed by atoms with van der Waals surface area (Å²) in [6.07, 6.45) is 8.82. The number of ether oxygens (including phenoxy) is 1. The van der Waals surface area contributed by atoms with Crippen LogP contribution >= 0.6 is 0 Å². The number of benzene rings is 1. The quantitative estimate of drug-likeness (QED) is 0.655. The molecule has 0 unspecified atom stereocenters. The summed E-state index contributed by atoms with van der Waals surface area (Å²) in [7, 11) is 0.